The number of aromatic carboxylic acids is 1. The number of aromatic nitrogens is 1. The molecule has 0 atom stereocenters. The first kappa shape index (κ1) is 15.4. The molecule has 0 aliphatic heterocycles. The summed E-state index contributed by atoms with van der Waals surface area (Å²) >= 11 is 0. The lowest BCUT2D eigenvalue weighted by Crippen LogP contribution is -2.04. The standard InChI is InChI=1S/C15H12FNO5/c1-21-13-12(14(18)19)6-10(7-17-13)8-3-9(15(20)22-2)5-11(16)4-8/h3-7H,1-2H3,(H,18,19). The molecule has 1 heterocycles. The third-order valence-corrected chi connectivity index (χ3v) is 2.93. The van der Waals surface area contributed by atoms with Gasteiger partial charge in [-0.05, 0) is 29.8 Å². The van der Waals surface area contributed by atoms with Crippen molar-refractivity contribution in [2.45, 2.75) is 0 Å². The molecule has 0 aliphatic carbocycles. The first-order chi connectivity index (χ1) is 10.5. The second-order valence-electron chi connectivity index (χ2n) is 4.31. The second-order valence-corrected chi connectivity index (χ2v) is 4.31. The van der Waals surface area contributed by atoms with Crippen LogP contribution in [0.25, 0.3) is 11.1 Å². The largest absolute Gasteiger partial charge is 0.480 e. The van der Waals surface area contributed by atoms with E-state index in [9.17, 15) is 14.0 Å². The Morgan fingerprint density at radius 3 is 2.45 bits per heavy atom. The fourth-order valence-electron chi connectivity index (χ4n) is 1.92. The maximum Gasteiger partial charge on any atom is 0.341 e. The maximum absolute atomic E-state index is 13.6. The van der Waals surface area contributed by atoms with E-state index in [2.05, 4.69) is 9.72 Å². The Balaban J connectivity index is 2.56. The summed E-state index contributed by atoms with van der Waals surface area (Å²) in [6, 6.07) is 4.89. The highest BCUT2D eigenvalue weighted by Gasteiger charge is 2.16. The van der Waals surface area contributed by atoms with Crippen LogP contribution in [0.4, 0.5) is 4.39 Å². The van der Waals surface area contributed by atoms with E-state index in [0.717, 1.165) is 6.07 Å². The number of benzene rings is 1. The Morgan fingerprint density at radius 2 is 1.86 bits per heavy atom. The summed E-state index contributed by atoms with van der Waals surface area (Å²) < 4.78 is 23.1. The van der Waals surface area contributed by atoms with Crippen LogP contribution in [0.15, 0.2) is 30.5 Å². The van der Waals surface area contributed by atoms with Crippen molar-refractivity contribution in [1.29, 1.82) is 0 Å². The average molecular weight is 305 g/mol. The number of ether oxygens (including phenoxy) is 2. The molecule has 7 heteroatoms. The molecule has 2 aromatic rings. The molecular weight excluding hydrogens is 293 g/mol. The fourth-order valence-corrected chi connectivity index (χ4v) is 1.92. The van der Waals surface area contributed by atoms with E-state index in [1.54, 1.807) is 0 Å². The van der Waals surface area contributed by atoms with Crippen molar-refractivity contribution in [2.24, 2.45) is 0 Å². The number of pyridine rings is 1. The molecule has 0 radical (unpaired) electrons. The molecular formula is C15H12FNO5. The molecule has 0 saturated carbocycles. The quantitative estimate of drug-likeness (QED) is 0.873. The topological polar surface area (TPSA) is 85.7 Å². The first-order valence-electron chi connectivity index (χ1n) is 6.13. The van der Waals surface area contributed by atoms with Crippen LogP contribution in [0, 0.1) is 5.82 Å². The summed E-state index contributed by atoms with van der Waals surface area (Å²) in [4.78, 5) is 26.6. The first-order valence-corrected chi connectivity index (χ1v) is 6.13. The van der Waals surface area contributed by atoms with Crippen LogP contribution in [-0.2, 0) is 4.74 Å². The van der Waals surface area contributed by atoms with Crippen LogP contribution in [0.3, 0.4) is 0 Å². The SMILES string of the molecule is COC(=O)c1cc(F)cc(-c2cnc(OC)c(C(=O)O)c2)c1. The number of halogens is 1. The summed E-state index contributed by atoms with van der Waals surface area (Å²) in [6.45, 7) is 0. The molecule has 1 aromatic heterocycles. The minimum Gasteiger partial charge on any atom is -0.480 e. The maximum atomic E-state index is 13.6. The Morgan fingerprint density at radius 1 is 1.14 bits per heavy atom. The predicted molar refractivity (Wildman–Crippen MR) is 74.5 cm³/mol. The molecule has 0 bridgehead atoms. The molecule has 0 spiro atoms. The fraction of sp³-hybridized carbons (Fsp3) is 0.133. The molecule has 114 valence electrons. The molecule has 0 aliphatic rings. The summed E-state index contributed by atoms with van der Waals surface area (Å²) in [5.41, 5.74) is 0.495. The zero-order valence-electron chi connectivity index (χ0n) is 11.8. The Labute approximate surface area is 125 Å². The number of nitrogens with zero attached hydrogens (tertiary/aromatic N) is 1. The van der Waals surface area contributed by atoms with Crippen LogP contribution < -0.4 is 4.74 Å². The van der Waals surface area contributed by atoms with Crippen molar-refractivity contribution in [3.8, 4) is 17.0 Å². The van der Waals surface area contributed by atoms with Crippen LogP contribution in [0.1, 0.15) is 20.7 Å². The number of esters is 1. The monoisotopic (exact) mass is 305 g/mol. The van der Waals surface area contributed by atoms with Gasteiger partial charge in [0.05, 0.1) is 19.8 Å². The third kappa shape index (κ3) is 3.03. The highest BCUT2D eigenvalue weighted by molar-refractivity contribution is 5.93. The van der Waals surface area contributed by atoms with Crippen molar-refractivity contribution in [2.75, 3.05) is 14.2 Å². The van der Waals surface area contributed by atoms with E-state index in [-0.39, 0.29) is 17.0 Å². The van der Waals surface area contributed by atoms with Crippen molar-refractivity contribution < 1.29 is 28.6 Å². The Bertz CT molecular complexity index is 745. The minimum absolute atomic E-state index is 0.0187. The van der Waals surface area contributed by atoms with Crippen LogP contribution in [-0.4, -0.2) is 36.2 Å². The zero-order chi connectivity index (χ0) is 16.3. The van der Waals surface area contributed by atoms with Gasteiger partial charge in [-0.2, -0.15) is 0 Å². The number of methoxy groups -OCH3 is 2. The average Bonchev–Trinajstić information content (AvgIpc) is 2.52. The van der Waals surface area contributed by atoms with Gasteiger partial charge >= 0.3 is 11.9 Å². The number of rotatable bonds is 4. The van der Waals surface area contributed by atoms with Gasteiger partial charge in [-0.25, -0.2) is 19.0 Å². The highest BCUT2D eigenvalue weighted by Crippen LogP contribution is 2.26. The van der Waals surface area contributed by atoms with Gasteiger partial charge in [-0.15, -0.1) is 0 Å². The predicted octanol–water partition coefficient (Wildman–Crippen LogP) is 2.38. The van der Waals surface area contributed by atoms with Crippen molar-refractivity contribution >= 4 is 11.9 Å². The summed E-state index contributed by atoms with van der Waals surface area (Å²) in [6.07, 6.45) is 1.33. The lowest BCUT2D eigenvalue weighted by molar-refractivity contribution is 0.0599. The van der Waals surface area contributed by atoms with Gasteiger partial charge < -0.3 is 14.6 Å². The van der Waals surface area contributed by atoms with Gasteiger partial charge in [-0.3, -0.25) is 0 Å². The zero-order valence-corrected chi connectivity index (χ0v) is 11.8. The van der Waals surface area contributed by atoms with Gasteiger partial charge in [0, 0.05) is 11.8 Å². The van der Waals surface area contributed by atoms with E-state index in [1.807, 2.05) is 0 Å². The van der Waals surface area contributed by atoms with Gasteiger partial charge in [0.2, 0.25) is 5.88 Å². The molecule has 22 heavy (non-hydrogen) atoms. The molecule has 0 amide bonds. The molecule has 1 aromatic carbocycles. The van der Waals surface area contributed by atoms with Gasteiger partial charge in [0.1, 0.15) is 11.4 Å². The van der Waals surface area contributed by atoms with Gasteiger partial charge in [0.25, 0.3) is 0 Å². The Hall–Kier alpha value is -2.96. The lowest BCUT2D eigenvalue weighted by atomic mass is 10.0. The molecule has 0 fully saturated rings. The molecule has 0 saturated heterocycles. The van der Waals surface area contributed by atoms with Crippen LogP contribution in [0.2, 0.25) is 0 Å². The third-order valence-electron chi connectivity index (χ3n) is 2.93. The van der Waals surface area contributed by atoms with Gasteiger partial charge in [-0.1, -0.05) is 0 Å². The van der Waals surface area contributed by atoms with E-state index in [4.69, 9.17) is 9.84 Å². The number of carbonyl (C=O) groups excluding carboxylic acids is 1. The molecule has 0 unspecified atom stereocenters. The minimum atomic E-state index is -1.23. The number of carbonyl (C=O) groups is 2. The van der Waals surface area contributed by atoms with E-state index in [0.29, 0.717) is 11.1 Å². The summed E-state index contributed by atoms with van der Waals surface area (Å²) in [5, 5.41) is 9.14. The number of hydrogen-bond donors (Lipinski definition) is 1. The molecule has 2 rings (SSSR count). The smallest absolute Gasteiger partial charge is 0.341 e. The van der Waals surface area contributed by atoms with E-state index >= 15 is 0 Å². The van der Waals surface area contributed by atoms with Crippen molar-refractivity contribution in [1.82, 2.24) is 4.98 Å². The van der Waals surface area contributed by atoms with Crippen molar-refractivity contribution in [3.63, 3.8) is 0 Å². The molecule has 6 nitrogen and oxygen atoms in total. The van der Waals surface area contributed by atoms with Gasteiger partial charge in [0.15, 0.2) is 0 Å². The lowest BCUT2D eigenvalue weighted by Gasteiger charge is -2.08. The number of carboxylic acid groups (broad SMARTS) is 1. The van der Waals surface area contributed by atoms with Crippen LogP contribution in [0.5, 0.6) is 5.88 Å². The summed E-state index contributed by atoms with van der Waals surface area (Å²) in [5.74, 6) is -2.62. The highest BCUT2D eigenvalue weighted by atomic mass is 19.1. The summed E-state index contributed by atoms with van der Waals surface area (Å²) in [7, 11) is 2.48. The van der Waals surface area contributed by atoms with E-state index < -0.39 is 17.8 Å². The Kier molecular flexibility index (Phi) is 4.36. The number of carboxylic acids is 1. The van der Waals surface area contributed by atoms with Crippen molar-refractivity contribution in [3.05, 3.63) is 47.4 Å². The normalized spacial score (nSPS) is 10.1. The second kappa shape index (κ2) is 6.21. The van der Waals surface area contributed by atoms with E-state index in [1.165, 1.54) is 38.6 Å². The molecule has 1 N–H and O–H groups in total. The number of hydrogen-bond acceptors (Lipinski definition) is 5. The van der Waals surface area contributed by atoms with Crippen LogP contribution >= 0.6 is 0 Å².